The lowest BCUT2D eigenvalue weighted by molar-refractivity contribution is -0.385. The molecule has 0 amide bonds. The molecule has 96 valence electrons. The first-order chi connectivity index (χ1) is 8.70. The molecule has 2 bridgehead atoms. The maximum Gasteiger partial charge on any atom is 0.305 e. The highest BCUT2D eigenvalue weighted by molar-refractivity contribution is 5.32. The summed E-state index contributed by atoms with van der Waals surface area (Å²) in [7, 11) is 0. The van der Waals surface area contributed by atoms with E-state index < -0.39 is 4.92 Å². The number of hydrogen-bond donors (Lipinski definition) is 2. The summed E-state index contributed by atoms with van der Waals surface area (Å²) in [5.41, 5.74) is -0.0778. The van der Waals surface area contributed by atoms with Crippen LogP contribution in [0.4, 0.5) is 11.6 Å². The normalized spacial score (nSPS) is 30.1. The van der Waals surface area contributed by atoms with Crippen molar-refractivity contribution in [2.75, 3.05) is 5.32 Å². The molecule has 3 heterocycles. The average Bonchev–Trinajstić information content (AvgIpc) is 2.69. The highest BCUT2D eigenvalue weighted by atomic mass is 16.6. The predicted octanol–water partition coefficient (Wildman–Crippen LogP) is 1.08. The van der Waals surface area contributed by atoms with E-state index in [1.807, 2.05) is 0 Å². The molecule has 1 aromatic heterocycles. The summed E-state index contributed by atoms with van der Waals surface area (Å²) in [5, 5.41) is 17.3. The number of nitrogens with one attached hydrogen (secondary N) is 2. The Balaban J connectivity index is 1.64. The predicted molar refractivity (Wildman–Crippen MR) is 65.3 cm³/mol. The molecule has 3 rings (SSSR count). The third kappa shape index (κ3) is 2.26. The fourth-order valence-corrected chi connectivity index (χ4v) is 2.85. The standard InChI is InChI=1S/C11H15N5O2/c17-16(18)10-5-12-11(13-6-10)15-9-3-7-1-2-8(4-9)14-7/h5-9,14H,1-4H2,(H,12,13,15). The largest absolute Gasteiger partial charge is 0.351 e. The van der Waals surface area contributed by atoms with Gasteiger partial charge >= 0.3 is 5.69 Å². The van der Waals surface area contributed by atoms with Gasteiger partial charge in [0.1, 0.15) is 12.4 Å². The van der Waals surface area contributed by atoms with Crippen LogP contribution in [0.2, 0.25) is 0 Å². The Hall–Kier alpha value is -1.76. The lowest BCUT2D eigenvalue weighted by Gasteiger charge is -2.29. The zero-order valence-electron chi connectivity index (χ0n) is 9.87. The van der Waals surface area contributed by atoms with E-state index in [9.17, 15) is 10.1 Å². The van der Waals surface area contributed by atoms with Crippen LogP contribution in [0.15, 0.2) is 12.4 Å². The van der Waals surface area contributed by atoms with Crippen molar-refractivity contribution in [3.63, 3.8) is 0 Å². The summed E-state index contributed by atoms with van der Waals surface area (Å²) in [5.74, 6) is 0.479. The van der Waals surface area contributed by atoms with Gasteiger partial charge in [-0.05, 0) is 25.7 Å². The molecule has 2 unspecified atom stereocenters. The zero-order valence-corrected chi connectivity index (χ0v) is 9.87. The summed E-state index contributed by atoms with van der Waals surface area (Å²) in [4.78, 5) is 18.0. The molecular weight excluding hydrogens is 234 g/mol. The van der Waals surface area contributed by atoms with Gasteiger partial charge in [-0.15, -0.1) is 0 Å². The minimum absolute atomic E-state index is 0.0778. The highest BCUT2D eigenvalue weighted by Crippen LogP contribution is 2.28. The van der Waals surface area contributed by atoms with Crippen LogP contribution in [0.1, 0.15) is 25.7 Å². The Morgan fingerprint density at radius 1 is 1.28 bits per heavy atom. The number of fused-ring (bicyclic) bond motifs is 2. The maximum absolute atomic E-state index is 10.5. The molecule has 0 spiro atoms. The number of rotatable bonds is 3. The van der Waals surface area contributed by atoms with Gasteiger partial charge < -0.3 is 10.6 Å². The van der Waals surface area contributed by atoms with Gasteiger partial charge in [-0.2, -0.15) is 0 Å². The van der Waals surface area contributed by atoms with E-state index in [4.69, 9.17) is 0 Å². The molecule has 2 fully saturated rings. The molecule has 18 heavy (non-hydrogen) atoms. The van der Waals surface area contributed by atoms with Gasteiger partial charge in [-0.25, -0.2) is 9.97 Å². The van der Waals surface area contributed by atoms with Crippen molar-refractivity contribution in [2.45, 2.75) is 43.8 Å². The first-order valence-electron chi connectivity index (χ1n) is 6.20. The average molecular weight is 249 g/mol. The third-order valence-corrected chi connectivity index (χ3v) is 3.66. The molecular formula is C11H15N5O2. The molecule has 2 aliphatic heterocycles. The SMILES string of the molecule is O=[N+]([O-])c1cnc(NC2CC3CCC(C2)N3)nc1. The van der Waals surface area contributed by atoms with E-state index in [0.717, 1.165) is 12.8 Å². The molecule has 2 aliphatic rings. The van der Waals surface area contributed by atoms with Crippen molar-refractivity contribution >= 4 is 11.6 Å². The Morgan fingerprint density at radius 3 is 2.44 bits per heavy atom. The van der Waals surface area contributed by atoms with E-state index in [1.54, 1.807) is 0 Å². The van der Waals surface area contributed by atoms with Crippen LogP contribution in [-0.2, 0) is 0 Å². The van der Waals surface area contributed by atoms with Crippen LogP contribution in [0.3, 0.4) is 0 Å². The Bertz CT molecular complexity index is 437. The quantitative estimate of drug-likeness (QED) is 0.615. The monoisotopic (exact) mass is 249 g/mol. The third-order valence-electron chi connectivity index (χ3n) is 3.66. The number of hydrogen-bond acceptors (Lipinski definition) is 6. The highest BCUT2D eigenvalue weighted by Gasteiger charge is 2.33. The molecule has 7 heteroatoms. The van der Waals surface area contributed by atoms with E-state index in [-0.39, 0.29) is 5.69 Å². The Morgan fingerprint density at radius 2 is 1.89 bits per heavy atom. The molecule has 1 aromatic rings. The molecule has 2 saturated heterocycles. The lowest BCUT2D eigenvalue weighted by atomic mass is 10.0. The van der Waals surface area contributed by atoms with Crippen molar-refractivity contribution < 1.29 is 4.92 Å². The Labute approximate surface area is 104 Å². The lowest BCUT2D eigenvalue weighted by Crippen LogP contribution is -2.43. The van der Waals surface area contributed by atoms with Crippen molar-refractivity contribution in [3.8, 4) is 0 Å². The second-order valence-electron chi connectivity index (χ2n) is 4.97. The van der Waals surface area contributed by atoms with Crippen LogP contribution in [0.25, 0.3) is 0 Å². The first kappa shape index (κ1) is 11.3. The minimum Gasteiger partial charge on any atom is -0.351 e. The van der Waals surface area contributed by atoms with Crippen molar-refractivity contribution in [3.05, 3.63) is 22.5 Å². The second kappa shape index (κ2) is 4.49. The van der Waals surface area contributed by atoms with Crippen LogP contribution < -0.4 is 10.6 Å². The number of anilines is 1. The number of aromatic nitrogens is 2. The van der Waals surface area contributed by atoms with Gasteiger partial charge in [0, 0.05) is 18.1 Å². The summed E-state index contributed by atoms with van der Waals surface area (Å²) < 4.78 is 0. The van der Waals surface area contributed by atoms with Gasteiger partial charge in [0.15, 0.2) is 0 Å². The van der Waals surface area contributed by atoms with E-state index >= 15 is 0 Å². The van der Waals surface area contributed by atoms with Crippen LogP contribution in [0.5, 0.6) is 0 Å². The van der Waals surface area contributed by atoms with Gasteiger partial charge in [0.25, 0.3) is 0 Å². The first-order valence-corrected chi connectivity index (χ1v) is 6.20. The van der Waals surface area contributed by atoms with Gasteiger partial charge in [0.2, 0.25) is 5.95 Å². The van der Waals surface area contributed by atoms with Gasteiger partial charge in [0.05, 0.1) is 4.92 Å². The Kier molecular flexibility index (Phi) is 2.83. The molecule has 2 atom stereocenters. The van der Waals surface area contributed by atoms with E-state index in [0.29, 0.717) is 24.1 Å². The second-order valence-corrected chi connectivity index (χ2v) is 4.97. The van der Waals surface area contributed by atoms with Crippen LogP contribution in [-0.4, -0.2) is 33.0 Å². The molecule has 0 aromatic carbocycles. The van der Waals surface area contributed by atoms with Crippen LogP contribution in [0, 0.1) is 10.1 Å². The number of nitrogens with zero attached hydrogens (tertiary/aromatic N) is 3. The van der Waals surface area contributed by atoms with Gasteiger partial charge in [-0.1, -0.05) is 0 Å². The smallest absolute Gasteiger partial charge is 0.305 e. The molecule has 0 aliphatic carbocycles. The maximum atomic E-state index is 10.5. The molecule has 2 N–H and O–H groups in total. The van der Waals surface area contributed by atoms with E-state index in [2.05, 4.69) is 20.6 Å². The number of nitro groups is 1. The molecule has 0 saturated carbocycles. The fraction of sp³-hybridized carbons (Fsp3) is 0.636. The fourth-order valence-electron chi connectivity index (χ4n) is 2.85. The van der Waals surface area contributed by atoms with Crippen molar-refractivity contribution in [2.24, 2.45) is 0 Å². The minimum atomic E-state index is -0.492. The summed E-state index contributed by atoms with van der Waals surface area (Å²) in [6.07, 6.45) is 7.09. The molecule has 7 nitrogen and oxygen atoms in total. The number of piperidine rings is 1. The summed E-state index contributed by atoms with van der Waals surface area (Å²) in [6.45, 7) is 0. The topological polar surface area (TPSA) is 93.0 Å². The van der Waals surface area contributed by atoms with E-state index in [1.165, 1.54) is 25.2 Å². The zero-order chi connectivity index (χ0) is 12.5. The summed E-state index contributed by atoms with van der Waals surface area (Å²) >= 11 is 0. The van der Waals surface area contributed by atoms with Crippen molar-refractivity contribution in [1.82, 2.24) is 15.3 Å². The summed E-state index contributed by atoms with van der Waals surface area (Å²) in [6, 6.07) is 1.56. The molecule has 0 radical (unpaired) electrons. The van der Waals surface area contributed by atoms with Crippen molar-refractivity contribution in [1.29, 1.82) is 0 Å². The van der Waals surface area contributed by atoms with Crippen LogP contribution >= 0.6 is 0 Å². The van der Waals surface area contributed by atoms with Gasteiger partial charge in [-0.3, -0.25) is 10.1 Å².